The van der Waals surface area contributed by atoms with Crippen molar-refractivity contribution in [2.24, 2.45) is 0 Å². The number of rotatable bonds is 4. The summed E-state index contributed by atoms with van der Waals surface area (Å²) in [4.78, 5) is 15.1. The summed E-state index contributed by atoms with van der Waals surface area (Å²) >= 11 is 0. The fraction of sp³-hybridized carbons (Fsp3) is 0.400. The number of aliphatic hydroxyl groups is 1. The van der Waals surface area contributed by atoms with Crippen molar-refractivity contribution < 1.29 is 9.90 Å². The monoisotopic (exact) mass is 273 g/mol. The van der Waals surface area contributed by atoms with Crippen molar-refractivity contribution in [2.75, 3.05) is 13.1 Å². The average molecular weight is 273 g/mol. The molecule has 1 fully saturated rings. The maximum atomic E-state index is 11.9. The average Bonchev–Trinajstić information content (AvgIpc) is 3.06. The minimum atomic E-state index is -0.403. The topological polar surface area (TPSA) is 77.2 Å². The second-order valence-corrected chi connectivity index (χ2v) is 5.25. The van der Waals surface area contributed by atoms with Crippen LogP contribution in [-0.4, -0.2) is 41.2 Å². The number of aromatic nitrogens is 1. The summed E-state index contributed by atoms with van der Waals surface area (Å²) in [7, 11) is 0. The highest BCUT2D eigenvalue weighted by molar-refractivity contribution is 5.84. The van der Waals surface area contributed by atoms with Gasteiger partial charge in [0.15, 0.2) is 0 Å². The van der Waals surface area contributed by atoms with Crippen LogP contribution in [0.25, 0.3) is 10.9 Å². The summed E-state index contributed by atoms with van der Waals surface area (Å²) in [5, 5.41) is 16.5. The van der Waals surface area contributed by atoms with Gasteiger partial charge in [-0.15, -0.1) is 0 Å². The molecule has 5 nitrogen and oxygen atoms in total. The number of nitrogens with one attached hydrogen (secondary N) is 3. The SMILES string of the molecule is O=C(NCCc1c[nH]c2ccccc12)[C@@H]1C[C@H](O)CN1. The van der Waals surface area contributed by atoms with Crippen molar-refractivity contribution in [1.82, 2.24) is 15.6 Å². The summed E-state index contributed by atoms with van der Waals surface area (Å²) in [5.41, 5.74) is 2.33. The molecule has 1 aromatic carbocycles. The van der Waals surface area contributed by atoms with E-state index in [1.54, 1.807) is 0 Å². The van der Waals surface area contributed by atoms with Crippen LogP contribution in [0.15, 0.2) is 30.5 Å². The Kier molecular flexibility index (Phi) is 3.71. The maximum Gasteiger partial charge on any atom is 0.237 e. The maximum absolute atomic E-state index is 11.9. The molecule has 2 atom stereocenters. The smallest absolute Gasteiger partial charge is 0.237 e. The highest BCUT2D eigenvalue weighted by Gasteiger charge is 2.27. The van der Waals surface area contributed by atoms with Crippen molar-refractivity contribution in [3.8, 4) is 0 Å². The second kappa shape index (κ2) is 5.64. The Labute approximate surface area is 117 Å². The standard InChI is InChI=1S/C15H19N3O2/c19-11-7-14(18-9-11)15(20)16-6-5-10-8-17-13-4-2-1-3-12(10)13/h1-4,8,11,14,17-19H,5-7,9H2,(H,16,20)/t11-,14-/m0/s1. The van der Waals surface area contributed by atoms with Crippen LogP contribution in [0, 0.1) is 0 Å². The number of amides is 1. The zero-order chi connectivity index (χ0) is 13.9. The lowest BCUT2D eigenvalue weighted by Gasteiger charge is -2.10. The molecule has 1 saturated heterocycles. The summed E-state index contributed by atoms with van der Waals surface area (Å²) < 4.78 is 0. The molecular weight excluding hydrogens is 254 g/mol. The first-order valence-corrected chi connectivity index (χ1v) is 6.98. The molecule has 106 valence electrons. The van der Waals surface area contributed by atoms with Gasteiger partial charge in [-0.3, -0.25) is 4.79 Å². The predicted molar refractivity (Wildman–Crippen MR) is 77.4 cm³/mol. The van der Waals surface area contributed by atoms with E-state index in [-0.39, 0.29) is 11.9 Å². The van der Waals surface area contributed by atoms with E-state index in [0.29, 0.717) is 19.5 Å². The molecule has 1 aromatic heterocycles. The Balaban J connectivity index is 1.54. The van der Waals surface area contributed by atoms with E-state index >= 15 is 0 Å². The van der Waals surface area contributed by atoms with E-state index in [0.717, 1.165) is 11.9 Å². The van der Waals surface area contributed by atoms with Crippen molar-refractivity contribution in [3.63, 3.8) is 0 Å². The minimum absolute atomic E-state index is 0.0265. The van der Waals surface area contributed by atoms with Crippen LogP contribution in [-0.2, 0) is 11.2 Å². The number of para-hydroxylation sites is 1. The summed E-state index contributed by atoms with van der Waals surface area (Å²) in [6, 6.07) is 7.89. The van der Waals surface area contributed by atoms with Gasteiger partial charge in [0.25, 0.3) is 0 Å². The Bertz CT molecular complexity index is 608. The van der Waals surface area contributed by atoms with E-state index in [1.165, 1.54) is 10.9 Å². The van der Waals surface area contributed by atoms with Crippen LogP contribution >= 0.6 is 0 Å². The molecule has 5 heteroatoms. The number of β-amino-alcohol motifs (C(OH)–C–C–N with tert-alkyl or cyclic N) is 1. The Morgan fingerprint density at radius 2 is 2.25 bits per heavy atom. The number of hydrogen-bond acceptors (Lipinski definition) is 3. The molecule has 1 amide bonds. The first kappa shape index (κ1) is 13.1. The van der Waals surface area contributed by atoms with Crippen LogP contribution < -0.4 is 10.6 Å². The number of fused-ring (bicyclic) bond motifs is 1. The van der Waals surface area contributed by atoms with Gasteiger partial charge in [0, 0.05) is 30.2 Å². The van der Waals surface area contributed by atoms with E-state index in [1.807, 2.05) is 24.4 Å². The zero-order valence-corrected chi connectivity index (χ0v) is 11.2. The molecule has 0 saturated carbocycles. The number of hydrogen-bond donors (Lipinski definition) is 4. The van der Waals surface area contributed by atoms with E-state index < -0.39 is 6.10 Å². The van der Waals surface area contributed by atoms with Crippen LogP contribution in [0.4, 0.5) is 0 Å². The molecule has 0 bridgehead atoms. The summed E-state index contributed by atoms with van der Waals surface area (Å²) in [6.07, 6.45) is 2.89. The number of H-pyrrole nitrogens is 1. The highest BCUT2D eigenvalue weighted by atomic mass is 16.3. The van der Waals surface area contributed by atoms with Crippen molar-refractivity contribution >= 4 is 16.8 Å². The van der Waals surface area contributed by atoms with Crippen molar-refractivity contribution in [2.45, 2.75) is 25.0 Å². The van der Waals surface area contributed by atoms with E-state index in [2.05, 4.69) is 21.7 Å². The molecule has 20 heavy (non-hydrogen) atoms. The normalized spacial score (nSPS) is 22.2. The van der Waals surface area contributed by atoms with Crippen LogP contribution in [0.1, 0.15) is 12.0 Å². The summed E-state index contributed by atoms with van der Waals surface area (Å²) in [5.74, 6) is -0.0265. The lowest BCUT2D eigenvalue weighted by molar-refractivity contribution is -0.122. The molecule has 0 aliphatic carbocycles. The van der Waals surface area contributed by atoms with Gasteiger partial charge in [-0.25, -0.2) is 0 Å². The zero-order valence-electron chi connectivity index (χ0n) is 11.2. The van der Waals surface area contributed by atoms with Gasteiger partial charge in [0.2, 0.25) is 5.91 Å². The molecule has 3 rings (SSSR count). The molecule has 0 radical (unpaired) electrons. The molecule has 1 aliphatic rings. The van der Waals surface area contributed by atoms with Crippen LogP contribution in [0.3, 0.4) is 0 Å². The predicted octanol–water partition coefficient (Wildman–Crippen LogP) is 0.549. The molecule has 4 N–H and O–H groups in total. The number of benzene rings is 1. The number of aromatic amines is 1. The van der Waals surface area contributed by atoms with E-state index in [4.69, 9.17) is 0 Å². The summed E-state index contributed by atoms with van der Waals surface area (Å²) in [6.45, 7) is 1.11. The molecular formula is C15H19N3O2. The Morgan fingerprint density at radius 3 is 3.05 bits per heavy atom. The molecule has 2 heterocycles. The fourth-order valence-electron chi connectivity index (χ4n) is 2.70. The lowest BCUT2D eigenvalue weighted by atomic mass is 10.1. The van der Waals surface area contributed by atoms with Crippen molar-refractivity contribution in [3.05, 3.63) is 36.0 Å². The van der Waals surface area contributed by atoms with Gasteiger partial charge in [-0.2, -0.15) is 0 Å². The van der Waals surface area contributed by atoms with Crippen LogP contribution in [0.5, 0.6) is 0 Å². The third-order valence-electron chi connectivity index (χ3n) is 3.79. The Hall–Kier alpha value is -1.85. The minimum Gasteiger partial charge on any atom is -0.392 e. The highest BCUT2D eigenvalue weighted by Crippen LogP contribution is 2.17. The van der Waals surface area contributed by atoms with Gasteiger partial charge in [0.05, 0.1) is 12.1 Å². The van der Waals surface area contributed by atoms with Crippen molar-refractivity contribution in [1.29, 1.82) is 0 Å². The van der Waals surface area contributed by atoms with E-state index in [9.17, 15) is 9.90 Å². The molecule has 0 spiro atoms. The lowest BCUT2D eigenvalue weighted by Crippen LogP contribution is -2.41. The van der Waals surface area contributed by atoms with Gasteiger partial charge in [-0.1, -0.05) is 18.2 Å². The Morgan fingerprint density at radius 1 is 1.40 bits per heavy atom. The molecule has 2 aromatic rings. The van der Waals surface area contributed by atoms with Gasteiger partial charge < -0.3 is 20.7 Å². The first-order valence-electron chi connectivity index (χ1n) is 6.98. The van der Waals surface area contributed by atoms with Gasteiger partial charge in [0.1, 0.15) is 0 Å². The first-order chi connectivity index (χ1) is 9.74. The quantitative estimate of drug-likeness (QED) is 0.657. The van der Waals surface area contributed by atoms with Gasteiger partial charge in [-0.05, 0) is 24.5 Å². The second-order valence-electron chi connectivity index (χ2n) is 5.25. The third-order valence-corrected chi connectivity index (χ3v) is 3.79. The number of aliphatic hydroxyl groups excluding tert-OH is 1. The number of carbonyl (C=O) groups is 1. The molecule has 1 aliphatic heterocycles. The van der Waals surface area contributed by atoms with Gasteiger partial charge >= 0.3 is 0 Å². The fourth-order valence-corrected chi connectivity index (χ4v) is 2.70. The third kappa shape index (κ3) is 2.69. The van der Waals surface area contributed by atoms with Crippen LogP contribution in [0.2, 0.25) is 0 Å². The number of carbonyl (C=O) groups excluding carboxylic acids is 1. The molecule has 0 unspecified atom stereocenters. The largest absolute Gasteiger partial charge is 0.392 e.